The number of hydrogen-bond acceptors (Lipinski definition) is 7. The summed E-state index contributed by atoms with van der Waals surface area (Å²) in [5.74, 6) is 4.06. The molecule has 2 unspecified atom stereocenters. The van der Waals surface area contributed by atoms with Crippen molar-refractivity contribution in [2.45, 2.75) is 25.3 Å². The maximum absolute atomic E-state index is 4.32. The number of hydrogen-bond donors (Lipinski definition) is 1. The average Bonchev–Trinajstić information content (AvgIpc) is 2.31. The minimum atomic E-state index is 0.759. The van der Waals surface area contributed by atoms with Crippen molar-refractivity contribution < 1.29 is 0 Å². The Bertz CT molecular complexity index is 192. The topological polar surface area (TPSA) is 0 Å². The molecule has 2 aliphatic heterocycles. The molecule has 2 rings (SSSR count). The van der Waals surface area contributed by atoms with Crippen molar-refractivity contribution in [1.29, 1.82) is 0 Å². The van der Waals surface area contributed by atoms with Gasteiger partial charge in [0.05, 0.1) is 12.4 Å². The molecule has 0 aromatic heterocycles. The average molecular weight is 349 g/mol. The van der Waals surface area contributed by atoms with Gasteiger partial charge in [-0.25, -0.2) is 0 Å². The van der Waals surface area contributed by atoms with Crippen molar-refractivity contribution in [3.63, 3.8) is 0 Å². The Hall–Kier alpha value is 2.45. The molecule has 0 spiro atoms. The first kappa shape index (κ1) is 14.9. The van der Waals surface area contributed by atoms with Crippen LogP contribution in [0.4, 0.5) is 0 Å². The third kappa shape index (κ3) is 5.21. The zero-order valence-corrected chi connectivity index (χ0v) is 14.7. The molecule has 0 nitrogen and oxygen atoms in total. The zero-order chi connectivity index (χ0) is 11.2. The van der Waals surface area contributed by atoms with Gasteiger partial charge in [0.2, 0.25) is 0 Å². The summed E-state index contributed by atoms with van der Waals surface area (Å²) in [5.41, 5.74) is 0. The van der Waals surface area contributed by atoms with E-state index in [0.717, 1.165) is 17.5 Å². The van der Waals surface area contributed by atoms with Crippen LogP contribution >= 0.6 is 83.2 Å². The molecule has 7 heteroatoms. The van der Waals surface area contributed by atoms with Crippen molar-refractivity contribution in [3.05, 3.63) is 0 Å². The van der Waals surface area contributed by atoms with Crippen molar-refractivity contribution in [1.82, 2.24) is 0 Å². The Morgan fingerprint density at radius 2 is 1.81 bits per heavy atom. The molecule has 16 heavy (non-hydrogen) atoms. The van der Waals surface area contributed by atoms with Gasteiger partial charge in [-0.3, -0.25) is 0 Å². The highest BCUT2D eigenvalue weighted by molar-refractivity contribution is 8.42. The molecule has 0 bridgehead atoms. The summed E-state index contributed by atoms with van der Waals surface area (Å²) in [4.78, 5) is 0. The van der Waals surface area contributed by atoms with E-state index < -0.39 is 0 Å². The Labute approximate surface area is 130 Å². The van der Waals surface area contributed by atoms with Gasteiger partial charge in [0, 0.05) is 5.08 Å². The third-order valence-corrected chi connectivity index (χ3v) is 12.1. The van der Waals surface area contributed by atoms with Crippen molar-refractivity contribution >= 4 is 83.2 Å². The number of thiol groups is 1. The first-order valence-corrected chi connectivity index (χ1v) is 12.0. The molecule has 94 valence electrons. The minimum Gasteiger partial charge on any atom is -0.168 e. The predicted molar refractivity (Wildman–Crippen MR) is 94.6 cm³/mol. The van der Waals surface area contributed by atoms with E-state index in [0.29, 0.717) is 0 Å². The monoisotopic (exact) mass is 348 g/mol. The summed E-state index contributed by atoms with van der Waals surface area (Å²) >= 11 is 17.1. The van der Waals surface area contributed by atoms with Crippen LogP contribution in [-0.2, 0) is 0 Å². The molecule has 0 aromatic rings. The Kier molecular flexibility index (Phi) is 7.97. The van der Waals surface area contributed by atoms with Crippen LogP contribution in [0.2, 0.25) is 0 Å². The van der Waals surface area contributed by atoms with Gasteiger partial charge in [0.15, 0.2) is 0 Å². The zero-order valence-electron chi connectivity index (χ0n) is 8.87. The Morgan fingerprint density at radius 3 is 2.56 bits per heavy atom. The van der Waals surface area contributed by atoms with E-state index >= 15 is 0 Å². The van der Waals surface area contributed by atoms with Crippen LogP contribution in [0.15, 0.2) is 0 Å². The lowest BCUT2D eigenvalue weighted by Crippen LogP contribution is -2.14. The second-order valence-electron chi connectivity index (χ2n) is 3.33. The lowest BCUT2D eigenvalue weighted by atomic mass is 10.6. The Morgan fingerprint density at radius 1 is 1.06 bits per heavy atom. The molecule has 0 aromatic carbocycles. The standard InChI is InChI=1S/C9H16S7/c10-6-14-7-2-5-13-9(15-7)16-8-11-3-1-4-12-8/h7-10H,1-6H2. The van der Waals surface area contributed by atoms with E-state index in [9.17, 15) is 0 Å². The van der Waals surface area contributed by atoms with Crippen LogP contribution in [-0.4, -0.2) is 34.8 Å². The maximum atomic E-state index is 4.32. The SMILES string of the molecule is SCSC1CCSC(SC2SCCCS2)S1. The van der Waals surface area contributed by atoms with Gasteiger partial charge in [-0.05, 0) is 30.1 Å². The summed E-state index contributed by atoms with van der Waals surface area (Å²) in [6.45, 7) is 0. The summed E-state index contributed by atoms with van der Waals surface area (Å²) < 4.78 is 2.34. The fraction of sp³-hybridized carbons (Fsp3) is 1.00. The fourth-order valence-electron chi connectivity index (χ4n) is 1.40. The highest BCUT2D eigenvalue weighted by atomic mass is 32.3. The molecule has 0 radical (unpaired) electrons. The smallest absolute Gasteiger partial charge is 0.0986 e. The van der Waals surface area contributed by atoms with Crippen LogP contribution in [0.5, 0.6) is 0 Å². The van der Waals surface area contributed by atoms with E-state index in [1.165, 1.54) is 30.1 Å². The predicted octanol–water partition coefficient (Wildman–Crippen LogP) is 4.97. The number of rotatable bonds is 4. The van der Waals surface area contributed by atoms with Crippen LogP contribution in [0.1, 0.15) is 12.8 Å². The molecule has 0 N–H and O–H groups in total. The molecule has 2 atom stereocenters. The number of thioether (sulfide) groups is 6. The van der Waals surface area contributed by atoms with Crippen molar-refractivity contribution in [3.8, 4) is 0 Å². The summed E-state index contributed by atoms with van der Waals surface area (Å²) in [6, 6.07) is 0. The van der Waals surface area contributed by atoms with E-state index in [1.54, 1.807) is 0 Å². The highest BCUT2D eigenvalue weighted by Crippen LogP contribution is 2.51. The summed E-state index contributed by atoms with van der Waals surface area (Å²) in [7, 11) is 0. The lowest BCUT2D eigenvalue weighted by molar-refractivity contribution is 1.07. The molecule has 2 saturated heterocycles. The fourth-order valence-corrected chi connectivity index (χ4v) is 13.3. The first-order valence-electron chi connectivity index (χ1n) is 5.26. The van der Waals surface area contributed by atoms with Crippen LogP contribution in [0, 0.1) is 0 Å². The third-order valence-electron chi connectivity index (χ3n) is 2.15. The van der Waals surface area contributed by atoms with E-state index in [-0.39, 0.29) is 0 Å². The normalized spacial score (nSPS) is 32.8. The Balaban J connectivity index is 1.71. The van der Waals surface area contributed by atoms with Crippen LogP contribution < -0.4 is 0 Å². The molecule has 2 heterocycles. The van der Waals surface area contributed by atoms with E-state index in [1.807, 2.05) is 11.8 Å². The second kappa shape index (κ2) is 8.59. The molecular weight excluding hydrogens is 333 g/mol. The lowest BCUT2D eigenvalue weighted by Gasteiger charge is -2.30. The molecule has 2 aliphatic rings. The van der Waals surface area contributed by atoms with Crippen molar-refractivity contribution in [2.24, 2.45) is 0 Å². The van der Waals surface area contributed by atoms with Gasteiger partial charge >= 0.3 is 0 Å². The molecular formula is C9H16S7. The first-order chi connectivity index (χ1) is 7.88. The van der Waals surface area contributed by atoms with Crippen LogP contribution in [0.25, 0.3) is 0 Å². The van der Waals surface area contributed by atoms with Crippen LogP contribution in [0.3, 0.4) is 0 Å². The highest BCUT2D eigenvalue weighted by Gasteiger charge is 2.27. The quantitative estimate of drug-likeness (QED) is 0.558. The summed E-state index contributed by atoms with van der Waals surface area (Å²) in [5, 5.41) is 0.965. The molecule has 2 fully saturated rings. The molecule has 0 aliphatic carbocycles. The molecule has 0 saturated carbocycles. The van der Waals surface area contributed by atoms with Gasteiger partial charge in [-0.1, -0.05) is 0 Å². The van der Waals surface area contributed by atoms with E-state index in [4.69, 9.17) is 0 Å². The van der Waals surface area contributed by atoms with Gasteiger partial charge in [0.1, 0.15) is 0 Å². The minimum absolute atomic E-state index is 0.759. The van der Waals surface area contributed by atoms with Crippen molar-refractivity contribution in [2.75, 3.05) is 22.3 Å². The molecule has 0 amide bonds. The largest absolute Gasteiger partial charge is 0.168 e. The summed E-state index contributed by atoms with van der Waals surface area (Å²) in [6.07, 6.45) is 2.75. The van der Waals surface area contributed by atoms with Gasteiger partial charge in [-0.2, -0.15) is 12.6 Å². The van der Waals surface area contributed by atoms with Gasteiger partial charge in [0.25, 0.3) is 0 Å². The van der Waals surface area contributed by atoms with E-state index in [2.05, 4.69) is 71.4 Å². The van der Waals surface area contributed by atoms with Gasteiger partial charge < -0.3 is 0 Å². The second-order valence-corrected chi connectivity index (χ2v) is 13.5. The van der Waals surface area contributed by atoms with Gasteiger partial charge in [-0.15, -0.1) is 70.6 Å². The maximum Gasteiger partial charge on any atom is 0.0986 e.